The van der Waals surface area contributed by atoms with Crippen LogP contribution in [0.25, 0.3) is 0 Å². The maximum absolute atomic E-state index is 10.8. The van der Waals surface area contributed by atoms with Gasteiger partial charge >= 0.3 is 8.25 Å². The quantitative estimate of drug-likeness (QED) is 0.638. The van der Waals surface area contributed by atoms with Crippen molar-refractivity contribution in [1.82, 2.24) is 9.97 Å². The summed E-state index contributed by atoms with van der Waals surface area (Å²) in [6.07, 6.45) is 5.95. The summed E-state index contributed by atoms with van der Waals surface area (Å²) in [5.74, 6) is -0.626. The first-order chi connectivity index (χ1) is 7.70. The second-order valence-electron chi connectivity index (χ2n) is 3.64. The normalized spacial score (nSPS) is 20.6. The number of hydrogen-bond donors (Lipinski definition) is 1. The van der Waals surface area contributed by atoms with Crippen LogP contribution in [0.15, 0.2) is 18.6 Å². The molecule has 0 amide bonds. The highest BCUT2D eigenvalue weighted by Gasteiger charge is 2.39. The molecule has 1 heterocycles. The molecule has 7 heteroatoms. The molecule has 2 rings (SSSR count). The Bertz CT molecular complexity index is 367. The first kappa shape index (κ1) is 11.5. The smallest absolute Gasteiger partial charge is 0.319 e. The zero-order valence-electron chi connectivity index (χ0n) is 8.63. The first-order valence-corrected chi connectivity index (χ1v) is 6.34. The third-order valence-corrected chi connectivity index (χ3v) is 3.03. The summed E-state index contributed by atoms with van der Waals surface area (Å²) < 4.78 is 21.4. The molecule has 16 heavy (non-hydrogen) atoms. The van der Waals surface area contributed by atoms with Gasteiger partial charge in [-0.2, -0.15) is 0 Å². The van der Waals surface area contributed by atoms with Gasteiger partial charge in [-0.3, -0.25) is 9.09 Å². The van der Waals surface area contributed by atoms with Crippen molar-refractivity contribution in [1.29, 1.82) is 0 Å². The topological polar surface area (TPSA) is 81.5 Å². The molecular formula is C9H13N2O4P. The summed E-state index contributed by atoms with van der Waals surface area (Å²) in [7, 11) is -3.01. The second kappa shape index (κ2) is 4.91. The Balaban J connectivity index is 2.11. The Morgan fingerprint density at radius 3 is 2.75 bits per heavy atom. The molecule has 1 fully saturated rings. The van der Waals surface area contributed by atoms with Gasteiger partial charge in [-0.05, 0) is 12.8 Å². The van der Waals surface area contributed by atoms with E-state index >= 15 is 0 Å². The van der Waals surface area contributed by atoms with E-state index in [2.05, 4.69) is 9.97 Å². The zero-order chi connectivity index (χ0) is 11.4. The van der Waals surface area contributed by atoms with Gasteiger partial charge < -0.3 is 9.63 Å². The van der Waals surface area contributed by atoms with Gasteiger partial charge in [0.25, 0.3) is 0 Å². The van der Waals surface area contributed by atoms with E-state index in [4.69, 9.17) is 14.2 Å². The lowest BCUT2D eigenvalue weighted by atomic mass is 10.2. The summed E-state index contributed by atoms with van der Waals surface area (Å²) in [6, 6.07) is 1.60. The van der Waals surface area contributed by atoms with Crippen molar-refractivity contribution < 1.29 is 18.7 Å². The van der Waals surface area contributed by atoms with Gasteiger partial charge in [-0.1, -0.05) is 0 Å². The molecule has 1 aliphatic carbocycles. The van der Waals surface area contributed by atoms with Crippen molar-refractivity contribution in [2.24, 2.45) is 0 Å². The minimum absolute atomic E-state index is 0.361. The van der Waals surface area contributed by atoms with Gasteiger partial charge in [0.05, 0.1) is 0 Å². The highest BCUT2D eigenvalue weighted by Crippen LogP contribution is 2.40. The fraction of sp³-hybridized carbons (Fsp3) is 0.556. The summed E-state index contributed by atoms with van der Waals surface area (Å²) in [5, 5.41) is 0. The van der Waals surface area contributed by atoms with E-state index in [9.17, 15) is 4.57 Å². The lowest BCUT2D eigenvalue weighted by Gasteiger charge is -2.27. The molecular weight excluding hydrogens is 231 g/mol. The van der Waals surface area contributed by atoms with Crippen LogP contribution in [0.1, 0.15) is 25.7 Å². The Hall–Kier alpha value is -0.970. The number of aromatic nitrogens is 2. The lowest BCUT2D eigenvalue weighted by molar-refractivity contribution is -0.110. The predicted molar refractivity (Wildman–Crippen MR) is 56.2 cm³/mol. The lowest BCUT2D eigenvalue weighted by Crippen LogP contribution is -2.34. The van der Waals surface area contributed by atoms with Gasteiger partial charge in [0.2, 0.25) is 11.7 Å². The van der Waals surface area contributed by atoms with Crippen molar-refractivity contribution in [3.8, 4) is 5.88 Å². The summed E-state index contributed by atoms with van der Waals surface area (Å²) >= 11 is 0. The Morgan fingerprint density at radius 1 is 1.44 bits per heavy atom. The molecule has 6 nitrogen and oxygen atoms in total. The predicted octanol–water partition coefficient (Wildman–Crippen LogP) is 1.52. The molecule has 1 aliphatic rings. The fourth-order valence-electron chi connectivity index (χ4n) is 1.83. The third kappa shape index (κ3) is 2.78. The van der Waals surface area contributed by atoms with Crippen molar-refractivity contribution in [2.75, 3.05) is 0 Å². The van der Waals surface area contributed by atoms with E-state index in [1.54, 1.807) is 12.3 Å². The number of rotatable bonds is 4. The van der Waals surface area contributed by atoms with Crippen LogP contribution in [0.4, 0.5) is 0 Å². The molecule has 1 N–H and O–H groups in total. The molecule has 0 bridgehead atoms. The molecule has 0 spiro atoms. The summed E-state index contributed by atoms with van der Waals surface area (Å²) in [5.41, 5.74) is 0. The van der Waals surface area contributed by atoms with E-state index in [0.29, 0.717) is 18.7 Å². The fourth-order valence-corrected chi connectivity index (χ4v) is 2.39. The molecule has 0 aliphatic heterocycles. The molecule has 1 saturated carbocycles. The Kier molecular flexibility index (Phi) is 3.53. The summed E-state index contributed by atoms with van der Waals surface area (Å²) in [4.78, 5) is 16.5. The highest BCUT2D eigenvalue weighted by molar-refractivity contribution is 7.32. The van der Waals surface area contributed by atoms with E-state index in [-0.39, 0.29) is 0 Å². The minimum atomic E-state index is -3.01. The van der Waals surface area contributed by atoms with Crippen molar-refractivity contribution >= 4 is 8.25 Å². The van der Waals surface area contributed by atoms with E-state index in [1.165, 1.54) is 6.33 Å². The molecule has 0 aromatic carbocycles. The van der Waals surface area contributed by atoms with Gasteiger partial charge in [-0.15, -0.1) is 0 Å². The van der Waals surface area contributed by atoms with Crippen LogP contribution in [0.2, 0.25) is 0 Å². The molecule has 0 radical (unpaired) electrons. The third-order valence-electron chi connectivity index (χ3n) is 2.48. The highest BCUT2D eigenvalue weighted by atomic mass is 31.1. The van der Waals surface area contributed by atoms with Crippen LogP contribution >= 0.6 is 8.25 Å². The van der Waals surface area contributed by atoms with Crippen molar-refractivity contribution in [2.45, 2.75) is 31.5 Å². The van der Waals surface area contributed by atoms with E-state index in [0.717, 1.165) is 12.8 Å². The number of nitrogens with zero attached hydrogens (tertiary/aromatic N) is 2. The van der Waals surface area contributed by atoms with Crippen LogP contribution < -0.4 is 4.74 Å². The molecule has 1 aromatic rings. The van der Waals surface area contributed by atoms with Gasteiger partial charge in [0.1, 0.15) is 6.33 Å². The van der Waals surface area contributed by atoms with Crippen molar-refractivity contribution in [3.63, 3.8) is 0 Å². The molecule has 0 saturated heterocycles. The van der Waals surface area contributed by atoms with Crippen LogP contribution in [0, 0.1) is 0 Å². The van der Waals surface area contributed by atoms with Gasteiger partial charge in [0.15, 0.2) is 0 Å². The Morgan fingerprint density at radius 2 is 2.19 bits per heavy atom. The second-order valence-corrected chi connectivity index (χ2v) is 4.37. The van der Waals surface area contributed by atoms with Crippen LogP contribution in [0.3, 0.4) is 0 Å². The largest absolute Gasteiger partial charge is 0.445 e. The number of hydrogen-bond acceptors (Lipinski definition) is 5. The average molecular weight is 244 g/mol. The molecule has 88 valence electrons. The SMILES string of the molecule is O=[PH](O)OC1(Oc2ccncn2)CCCC1. The van der Waals surface area contributed by atoms with Gasteiger partial charge in [-0.25, -0.2) is 9.97 Å². The average Bonchev–Trinajstić information content (AvgIpc) is 2.66. The van der Waals surface area contributed by atoms with Crippen LogP contribution in [-0.2, 0) is 9.09 Å². The monoisotopic (exact) mass is 244 g/mol. The van der Waals surface area contributed by atoms with E-state index < -0.39 is 14.0 Å². The van der Waals surface area contributed by atoms with Gasteiger partial charge in [0, 0.05) is 25.1 Å². The maximum atomic E-state index is 10.8. The maximum Gasteiger partial charge on any atom is 0.319 e. The standard InChI is InChI=1S/C9H13N2O4P/c12-16(13)15-9(4-1-2-5-9)14-8-3-6-10-7-11-8/h3,6-7,16H,1-2,4-5H2,(H,12,13). The van der Waals surface area contributed by atoms with Crippen molar-refractivity contribution in [3.05, 3.63) is 18.6 Å². The molecule has 1 aromatic heterocycles. The Labute approximate surface area is 93.6 Å². The molecule has 1 unspecified atom stereocenters. The summed E-state index contributed by atoms with van der Waals surface area (Å²) in [6.45, 7) is 0. The van der Waals surface area contributed by atoms with E-state index in [1.807, 2.05) is 0 Å². The number of ether oxygens (including phenoxy) is 1. The zero-order valence-corrected chi connectivity index (χ0v) is 9.63. The minimum Gasteiger partial charge on any atom is -0.445 e. The molecule has 1 atom stereocenters. The van der Waals surface area contributed by atoms with Crippen LogP contribution in [0.5, 0.6) is 5.88 Å². The first-order valence-electron chi connectivity index (χ1n) is 5.07. The van der Waals surface area contributed by atoms with Crippen LogP contribution in [-0.4, -0.2) is 20.6 Å².